The van der Waals surface area contributed by atoms with Crippen molar-refractivity contribution in [2.24, 2.45) is 0 Å². The minimum atomic E-state index is -0.825. The number of carbonyl (C=O) groups excluding carboxylic acids is 2. The minimum Gasteiger partial charge on any atom is -0.467 e. The van der Waals surface area contributed by atoms with Crippen LogP contribution in [0.3, 0.4) is 0 Å². The van der Waals surface area contributed by atoms with Crippen molar-refractivity contribution in [2.75, 3.05) is 39.9 Å². The lowest BCUT2D eigenvalue weighted by molar-refractivity contribution is -0.146. The van der Waals surface area contributed by atoms with Crippen LogP contribution < -0.4 is 5.32 Å². The van der Waals surface area contributed by atoms with Gasteiger partial charge in [-0.3, -0.25) is 4.90 Å². The topological polar surface area (TPSA) is 84.0 Å². The molecule has 0 radical (unpaired) electrons. The SMILES string of the molecule is COC(=O)C(COC(C)(C)C)NC(=O)N1CCCN(Cc2csc(C)n2)CC1. The monoisotopic (exact) mass is 412 g/mol. The lowest BCUT2D eigenvalue weighted by atomic mass is 10.2. The first-order chi connectivity index (χ1) is 13.2. The summed E-state index contributed by atoms with van der Waals surface area (Å²) in [5.41, 5.74) is 0.666. The molecule has 0 aliphatic carbocycles. The molecule has 1 saturated heterocycles. The molecule has 2 amide bonds. The largest absolute Gasteiger partial charge is 0.467 e. The number of urea groups is 1. The molecule has 1 aromatic rings. The molecule has 0 saturated carbocycles. The first-order valence-electron chi connectivity index (χ1n) is 9.58. The second-order valence-electron chi connectivity index (χ2n) is 7.92. The fourth-order valence-corrected chi connectivity index (χ4v) is 3.53. The summed E-state index contributed by atoms with van der Waals surface area (Å²) in [6.07, 6.45) is 0.873. The van der Waals surface area contributed by atoms with Crippen molar-refractivity contribution in [1.82, 2.24) is 20.1 Å². The zero-order chi connectivity index (χ0) is 20.7. The van der Waals surface area contributed by atoms with Crippen LogP contribution >= 0.6 is 11.3 Å². The molecular weight excluding hydrogens is 380 g/mol. The number of hydrogen-bond acceptors (Lipinski definition) is 7. The molecule has 0 spiro atoms. The Morgan fingerprint density at radius 2 is 2.04 bits per heavy atom. The molecule has 1 aliphatic rings. The second kappa shape index (κ2) is 10.2. The maximum Gasteiger partial charge on any atom is 0.330 e. The van der Waals surface area contributed by atoms with Gasteiger partial charge in [-0.05, 0) is 34.1 Å². The van der Waals surface area contributed by atoms with Crippen molar-refractivity contribution in [3.63, 3.8) is 0 Å². The van der Waals surface area contributed by atoms with Gasteiger partial charge in [0.1, 0.15) is 0 Å². The highest BCUT2D eigenvalue weighted by atomic mass is 32.1. The van der Waals surface area contributed by atoms with Crippen LogP contribution in [0.5, 0.6) is 0 Å². The summed E-state index contributed by atoms with van der Waals surface area (Å²) in [4.78, 5) is 33.3. The smallest absolute Gasteiger partial charge is 0.330 e. The summed E-state index contributed by atoms with van der Waals surface area (Å²) in [6, 6.07) is -1.09. The van der Waals surface area contributed by atoms with Crippen molar-refractivity contribution in [3.05, 3.63) is 16.1 Å². The Morgan fingerprint density at radius 1 is 1.29 bits per heavy atom. The normalized spacial score (nSPS) is 17.1. The second-order valence-corrected chi connectivity index (χ2v) is 8.99. The van der Waals surface area contributed by atoms with E-state index in [4.69, 9.17) is 9.47 Å². The Balaban J connectivity index is 1.88. The number of nitrogens with zero attached hydrogens (tertiary/aromatic N) is 3. The van der Waals surface area contributed by atoms with E-state index in [1.807, 2.05) is 27.7 Å². The number of thiazole rings is 1. The van der Waals surface area contributed by atoms with Crippen LogP contribution in [0.25, 0.3) is 0 Å². The third kappa shape index (κ3) is 7.37. The highest BCUT2D eigenvalue weighted by Gasteiger charge is 2.27. The number of rotatable bonds is 6. The zero-order valence-electron chi connectivity index (χ0n) is 17.5. The molecule has 0 aromatic carbocycles. The lowest BCUT2D eigenvalue weighted by Gasteiger charge is -2.27. The van der Waals surface area contributed by atoms with Crippen LogP contribution in [0.4, 0.5) is 4.79 Å². The van der Waals surface area contributed by atoms with Crippen molar-refractivity contribution < 1.29 is 19.1 Å². The molecule has 1 aliphatic heterocycles. The Bertz CT molecular complexity index is 659. The van der Waals surface area contributed by atoms with E-state index in [0.29, 0.717) is 13.1 Å². The number of carbonyl (C=O) groups is 2. The number of methoxy groups -OCH3 is 1. The molecule has 2 rings (SSSR count). The van der Waals surface area contributed by atoms with Gasteiger partial charge >= 0.3 is 12.0 Å². The van der Waals surface area contributed by atoms with Gasteiger partial charge in [-0.1, -0.05) is 0 Å². The highest BCUT2D eigenvalue weighted by molar-refractivity contribution is 7.09. The number of hydrogen-bond donors (Lipinski definition) is 1. The molecular formula is C19H32N4O4S. The summed E-state index contributed by atoms with van der Waals surface area (Å²) in [5.74, 6) is -0.507. The zero-order valence-corrected chi connectivity index (χ0v) is 18.3. The number of aryl methyl sites for hydroxylation is 1. The van der Waals surface area contributed by atoms with Gasteiger partial charge in [0.25, 0.3) is 0 Å². The fourth-order valence-electron chi connectivity index (χ4n) is 2.93. The van der Waals surface area contributed by atoms with Gasteiger partial charge in [0.15, 0.2) is 6.04 Å². The summed E-state index contributed by atoms with van der Waals surface area (Å²) >= 11 is 1.65. The van der Waals surface area contributed by atoms with Crippen molar-refractivity contribution in [3.8, 4) is 0 Å². The number of nitrogens with one attached hydrogen (secondary N) is 1. The lowest BCUT2D eigenvalue weighted by Crippen LogP contribution is -2.51. The van der Waals surface area contributed by atoms with E-state index >= 15 is 0 Å². The molecule has 1 unspecified atom stereocenters. The standard InChI is InChI=1S/C19H32N4O4S/c1-14-20-15(13-28-14)11-22-7-6-8-23(10-9-22)18(25)21-16(17(24)26-5)12-27-19(2,3)4/h13,16H,6-12H2,1-5H3,(H,21,25). The predicted molar refractivity (Wildman–Crippen MR) is 108 cm³/mol. The van der Waals surface area contributed by atoms with E-state index in [1.165, 1.54) is 7.11 Å². The number of amides is 2. The average molecular weight is 413 g/mol. The first kappa shape index (κ1) is 22.6. The fraction of sp³-hybridized carbons (Fsp3) is 0.737. The van der Waals surface area contributed by atoms with Crippen LogP contribution in [0, 0.1) is 6.92 Å². The molecule has 28 heavy (non-hydrogen) atoms. The highest BCUT2D eigenvalue weighted by Crippen LogP contribution is 2.13. The van der Waals surface area contributed by atoms with Gasteiger partial charge in [-0.2, -0.15) is 0 Å². The van der Waals surface area contributed by atoms with Gasteiger partial charge in [-0.15, -0.1) is 11.3 Å². The maximum atomic E-state index is 12.7. The molecule has 1 aromatic heterocycles. The van der Waals surface area contributed by atoms with Crippen LogP contribution in [0.2, 0.25) is 0 Å². The third-order valence-corrected chi connectivity index (χ3v) is 5.22. The van der Waals surface area contributed by atoms with Crippen LogP contribution in [-0.2, 0) is 20.8 Å². The Morgan fingerprint density at radius 3 is 2.64 bits per heavy atom. The van der Waals surface area contributed by atoms with Gasteiger partial charge in [0.2, 0.25) is 0 Å². The molecule has 8 nitrogen and oxygen atoms in total. The van der Waals surface area contributed by atoms with E-state index < -0.39 is 17.6 Å². The maximum absolute atomic E-state index is 12.7. The molecule has 158 valence electrons. The average Bonchev–Trinajstić information content (AvgIpc) is 2.89. The first-order valence-corrected chi connectivity index (χ1v) is 10.5. The summed E-state index contributed by atoms with van der Waals surface area (Å²) in [6.45, 7) is 11.5. The summed E-state index contributed by atoms with van der Waals surface area (Å²) < 4.78 is 10.5. The van der Waals surface area contributed by atoms with E-state index in [9.17, 15) is 9.59 Å². The minimum absolute atomic E-state index is 0.0745. The number of ether oxygens (including phenoxy) is 2. The Labute approximate surface area is 171 Å². The van der Waals surface area contributed by atoms with E-state index in [1.54, 1.807) is 16.2 Å². The van der Waals surface area contributed by atoms with Gasteiger partial charge in [0, 0.05) is 38.1 Å². The Kier molecular flexibility index (Phi) is 8.21. The van der Waals surface area contributed by atoms with Crippen LogP contribution in [0.15, 0.2) is 5.38 Å². The van der Waals surface area contributed by atoms with Crippen molar-refractivity contribution >= 4 is 23.3 Å². The molecule has 1 fully saturated rings. The third-order valence-electron chi connectivity index (χ3n) is 4.39. The molecule has 0 bridgehead atoms. The van der Waals surface area contributed by atoms with E-state index in [-0.39, 0.29) is 12.6 Å². The molecule has 2 heterocycles. The van der Waals surface area contributed by atoms with Crippen LogP contribution in [0.1, 0.15) is 37.9 Å². The number of aromatic nitrogens is 1. The van der Waals surface area contributed by atoms with Crippen molar-refractivity contribution in [1.29, 1.82) is 0 Å². The quantitative estimate of drug-likeness (QED) is 0.720. The van der Waals surface area contributed by atoms with Gasteiger partial charge < -0.3 is 19.7 Å². The van der Waals surface area contributed by atoms with Crippen molar-refractivity contribution in [2.45, 2.75) is 52.3 Å². The molecule has 1 N–H and O–H groups in total. The predicted octanol–water partition coefficient (Wildman–Crippen LogP) is 2.03. The van der Waals surface area contributed by atoms with E-state index in [0.717, 1.165) is 36.8 Å². The molecule has 9 heteroatoms. The number of esters is 1. The van der Waals surface area contributed by atoms with Gasteiger partial charge in [0.05, 0.1) is 30.0 Å². The Hall–Kier alpha value is -1.71. The summed E-state index contributed by atoms with van der Waals surface area (Å²) in [7, 11) is 1.31. The molecule has 1 atom stereocenters. The van der Waals surface area contributed by atoms with Crippen LogP contribution in [-0.4, -0.2) is 78.3 Å². The van der Waals surface area contributed by atoms with Gasteiger partial charge in [-0.25, -0.2) is 14.6 Å². The van der Waals surface area contributed by atoms with E-state index in [2.05, 4.69) is 20.6 Å². The summed E-state index contributed by atoms with van der Waals surface area (Å²) in [5, 5.41) is 5.91.